The van der Waals surface area contributed by atoms with Crippen molar-refractivity contribution < 1.29 is 4.74 Å². The standard InChI is InChI=1S/C11H11N3O.2ClH/c12-5-9-1-3-10(4-2-9)15-11-6-13-8-14-7-11;;/h1-4,6-8H,5,12H2;2*1H. The second-order valence-electron chi connectivity index (χ2n) is 3.02. The number of nitrogens with zero attached hydrogens (tertiary/aromatic N) is 2. The van der Waals surface area contributed by atoms with Crippen molar-refractivity contribution in [3.05, 3.63) is 48.5 Å². The van der Waals surface area contributed by atoms with Gasteiger partial charge in [0.15, 0.2) is 5.75 Å². The van der Waals surface area contributed by atoms with Crippen LogP contribution in [0.2, 0.25) is 0 Å². The molecule has 0 spiro atoms. The van der Waals surface area contributed by atoms with E-state index in [1.807, 2.05) is 24.3 Å². The van der Waals surface area contributed by atoms with Gasteiger partial charge in [-0.15, -0.1) is 24.8 Å². The number of rotatable bonds is 3. The zero-order chi connectivity index (χ0) is 10.5. The average molecular weight is 274 g/mol. The smallest absolute Gasteiger partial charge is 0.163 e. The highest BCUT2D eigenvalue weighted by atomic mass is 35.5. The van der Waals surface area contributed by atoms with Crippen LogP contribution in [0.15, 0.2) is 43.0 Å². The van der Waals surface area contributed by atoms with Gasteiger partial charge in [-0.1, -0.05) is 12.1 Å². The van der Waals surface area contributed by atoms with Gasteiger partial charge >= 0.3 is 0 Å². The molecule has 2 N–H and O–H groups in total. The highest BCUT2D eigenvalue weighted by Crippen LogP contribution is 2.19. The molecular formula is C11H13Cl2N3O. The van der Waals surface area contributed by atoms with Crippen molar-refractivity contribution >= 4 is 24.8 Å². The number of hydrogen-bond acceptors (Lipinski definition) is 4. The molecular weight excluding hydrogens is 261 g/mol. The second-order valence-corrected chi connectivity index (χ2v) is 3.02. The number of ether oxygens (including phenoxy) is 1. The van der Waals surface area contributed by atoms with Gasteiger partial charge in [0.1, 0.15) is 12.1 Å². The summed E-state index contributed by atoms with van der Waals surface area (Å²) in [5.41, 5.74) is 6.57. The van der Waals surface area contributed by atoms with E-state index in [-0.39, 0.29) is 24.8 Å². The minimum absolute atomic E-state index is 0. The SMILES string of the molecule is Cl.Cl.NCc1ccc(Oc2cncnc2)cc1. The lowest BCUT2D eigenvalue weighted by atomic mass is 10.2. The fraction of sp³-hybridized carbons (Fsp3) is 0.0909. The van der Waals surface area contributed by atoms with E-state index in [0.717, 1.165) is 11.3 Å². The molecule has 1 heterocycles. The van der Waals surface area contributed by atoms with E-state index < -0.39 is 0 Å². The monoisotopic (exact) mass is 273 g/mol. The van der Waals surface area contributed by atoms with Gasteiger partial charge in [-0.05, 0) is 17.7 Å². The van der Waals surface area contributed by atoms with E-state index in [4.69, 9.17) is 10.5 Å². The van der Waals surface area contributed by atoms with Crippen LogP contribution < -0.4 is 10.5 Å². The number of nitrogens with two attached hydrogens (primary N) is 1. The maximum Gasteiger partial charge on any atom is 0.163 e. The van der Waals surface area contributed by atoms with Crippen LogP contribution in [-0.4, -0.2) is 9.97 Å². The number of hydrogen-bond donors (Lipinski definition) is 1. The maximum atomic E-state index is 5.51. The molecule has 0 aliphatic heterocycles. The van der Waals surface area contributed by atoms with Crippen molar-refractivity contribution in [2.24, 2.45) is 5.73 Å². The molecule has 1 aromatic carbocycles. The van der Waals surface area contributed by atoms with Gasteiger partial charge in [0.05, 0.1) is 12.4 Å². The van der Waals surface area contributed by atoms with Gasteiger partial charge in [0.2, 0.25) is 0 Å². The molecule has 0 saturated heterocycles. The van der Waals surface area contributed by atoms with E-state index in [1.54, 1.807) is 12.4 Å². The number of halogens is 2. The van der Waals surface area contributed by atoms with Crippen molar-refractivity contribution in [3.63, 3.8) is 0 Å². The van der Waals surface area contributed by atoms with Crippen molar-refractivity contribution in [2.75, 3.05) is 0 Å². The third-order valence-corrected chi connectivity index (χ3v) is 1.93. The van der Waals surface area contributed by atoms with Crippen molar-refractivity contribution in [3.8, 4) is 11.5 Å². The molecule has 6 heteroatoms. The van der Waals surface area contributed by atoms with Crippen LogP contribution in [0.4, 0.5) is 0 Å². The average Bonchev–Trinajstić information content (AvgIpc) is 2.31. The fourth-order valence-corrected chi connectivity index (χ4v) is 1.17. The summed E-state index contributed by atoms with van der Waals surface area (Å²) >= 11 is 0. The Labute approximate surface area is 112 Å². The van der Waals surface area contributed by atoms with Crippen molar-refractivity contribution in [1.82, 2.24) is 9.97 Å². The van der Waals surface area contributed by atoms with E-state index >= 15 is 0 Å². The first-order chi connectivity index (χ1) is 7.38. The van der Waals surface area contributed by atoms with Crippen LogP contribution in [0.3, 0.4) is 0 Å². The Kier molecular flexibility index (Phi) is 7.21. The predicted octanol–water partition coefficient (Wildman–Crippen LogP) is 2.57. The first-order valence-corrected chi connectivity index (χ1v) is 4.60. The zero-order valence-corrected chi connectivity index (χ0v) is 10.6. The lowest BCUT2D eigenvalue weighted by Gasteiger charge is -2.04. The molecule has 2 rings (SSSR count). The minimum atomic E-state index is 0. The molecule has 0 aliphatic carbocycles. The summed E-state index contributed by atoms with van der Waals surface area (Å²) in [4.78, 5) is 7.72. The molecule has 1 aromatic heterocycles. The van der Waals surface area contributed by atoms with Crippen LogP contribution >= 0.6 is 24.8 Å². The summed E-state index contributed by atoms with van der Waals surface area (Å²) in [5.74, 6) is 1.37. The van der Waals surface area contributed by atoms with Crippen LogP contribution in [0.1, 0.15) is 5.56 Å². The largest absolute Gasteiger partial charge is 0.454 e. The fourth-order valence-electron chi connectivity index (χ4n) is 1.17. The van der Waals surface area contributed by atoms with E-state index in [1.165, 1.54) is 6.33 Å². The predicted molar refractivity (Wildman–Crippen MR) is 70.9 cm³/mol. The molecule has 0 aliphatic rings. The van der Waals surface area contributed by atoms with Gasteiger partial charge in [-0.25, -0.2) is 9.97 Å². The van der Waals surface area contributed by atoms with Crippen molar-refractivity contribution in [2.45, 2.75) is 6.54 Å². The van der Waals surface area contributed by atoms with Crippen molar-refractivity contribution in [1.29, 1.82) is 0 Å². The lowest BCUT2D eigenvalue weighted by molar-refractivity contribution is 0.477. The Balaban J connectivity index is 0.00000128. The molecule has 92 valence electrons. The molecule has 0 saturated carbocycles. The Morgan fingerprint density at radius 2 is 1.53 bits per heavy atom. The normalized spacial score (nSPS) is 8.76. The van der Waals surface area contributed by atoms with Crippen LogP contribution in [0, 0.1) is 0 Å². The summed E-state index contributed by atoms with van der Waals surface area (Å²) < 4.78 is 5.51. The van der Waals surface area contributed by atoms with Gasteiger partial charge in [-0.3, -0.25) is 0 Å². The summed E-state index contributed by atoms with van der Waals surface area (Å²) in [6.07, 6.45) is 4.69. The summed E-state index contributed by atoms with van der Waals surface area (Å²) in [5, 5.41) is 0. The first kappa shape index (κ1) is 15.6. The zero-order valence-electron chi connectivity index (χ0n) is 8.95. The molecule has 0 amide bonds. The van der Waals surface area contributed by atoms with Crippen LogP contribution in [0.25, 0.3) is 0 Å². The Bertz CT molecular complexity index is 422. The van der Waals surface area contributed by atoms with Crippen LogP contribution in [0.5, 0.6) is 11.5 Å². The second kappa shape index (κ2) is 7.84. The highest BCUT2D eigenvalue weighted by Gasteiger charge is 1.96. The van der Waals surface area contributed by atoms with Gasteiger partial charge < -0.3 is 10.5 Å². The third-order valence-electron chi connectivity index (χ3n) is 1.93. The first-order valence-electron chi connectivity index (χ1n) is 4.60. The summed E-state index contributed by atoms with van der Waals surface area (Å²) in [6.45, 7) is 0.536. The molecule has 17 heavy (non-hydrogen) atoms. The molecule has 0 unspecified atom stereocenters. The Morgan fingerprint density at radius 1 is 0.941 bits per heavy atom. The highest BCUT2D eigenvalue weighted by molar-refractivity contribution is 5.85. The van der Waals surface area contributed by atoms with Crippen LogP contribution in [-0.2, 0) is 6.54 Å². The lowest BCUT2D eigenvalue weighted by Crippen LogP contribution is -1.95. The molecule has 0 bridgehead atoms. The summed E-state index contributed by atoms with van der Waals surface area (Å²) in [6, 6.07) is 7.60. The molecule has 0 atom stereocenters. The number of aromatic nitrogens is 2. The third kappa shape index (κ3) is 4.56. The quantitative estimate of drug-likeness (QED) is 0.934. The molecule has 0 fully saturated rings. The topological polar surface area (TPSA) is 61.0 Å². The van der Waals surface area contributed by atoms with Gasteiger partial charge in [0.25, 0.3) is 0 Å². The Hall–Kier alpha value is -1.36. The Morgan fingerprint density at radius 3 is 2.06 bits per heavy atom. The maximum absolute atomic E-state index is 5.51. The van der Waals surface area contributed by atoms with E-state index in [0.29, 0.717) is 12.3 Å². The van der Waals surface area contributed by atoms with Gasteiger partial charge in [-0.2, -0.15) is 0 Å². The summed E-state index contributed by atoms with van der Waals surface area (Å²) in [7, 11) is 0. The molecule has 0 radical (unpaired) electrons. The van der Waals surface area contributed by atoms with Gasteiger partial charge in [0, 0.05) is 6.54 Å². The molecule has 4 nitrogen and oxygen atoms in total. The molecule has 2 aromatic rings. The minimum Gasteiger partial charge on any atom is -0.454 e. The van der Waals surface area contributed by atoms with E-state index in [9.17, 15) is 0 Å². The number of benzene rings is 1. The van der Waals surface area contributed by atoms with E-state index in [2.05, 4.69) is 9.97 Å².